The number of aryl methyl sites for hydroxylation is 2. The molecule has 150 valence electrons. The predicted octanol–water partition coefficient (Wildman–Crippen LogP) is 4.25. The van der Waals surface area contributed by atoms with Crippen molar-refractivity contribution in [3.8, 4) is 5.95 Å². The third-order valence-electron chi connectivity index (χ3n) is 4.37. The Morgan fingerprint density at radius 1 is 0.867 bits per heavy atom. The van der Waals surface area contributed by atoms with Crippen molar-refractivity contribution >= 4 is 23.3 Å². The minimum atomic E-state index is 0.321. The van der Waals surface area contributed by atoms with Crippen LogP contribution in [-0.4, -0.2) is 30.4 Å². The van der Waals surface area contributed by atoms with Gasteiger partial charge in [-0.2, -0.15) is 25.2 Å². The van der Waals surface area contributed by atoms with Crippen molar-refractivity contribution in [3.63, 3.8) is 0 Å². The summed E-state index contributed by atoms with van der Waals surface area (Å²) in [7, 11) is 0. The zero-order valence-corrected chi connectivity index (χ0v) is 17.0. The quantitative estimate of drug-likeness (QED) is 0.372. The summed E-state index contributed by atoms with van der Waals surface area (Å²) < 4.78 is 1.69. The van der Waals surface area contributed by atoms with Crippen molar-refractivity contribution in [2.45, 2.75) is 20.8 Å². The van der Waals surface area contributed by atoms with Gasteiger partial charge in [0.2, 0.25) is 11.9 Å². The Morgan fingerprint density at radius 3 is 2.20 bits per heavy atom. The van der Waals surface area contributed by atoms with Crippen molar-refractivity contribution in [2.24, 2.45) is 5.10 Å². The number of nitrogens with one attached hydrogen (secondary N) is 2. The SMILES string of the molecule is C/C(=N/Nc1nc(Nc2ccccc2)nc(-n2nc(C)cc2C)n1)c1ccccc1. The third kappa shape index (κ3) is 4.49. The second kappa shape index (κ2) is 8.52. The van der Waals surface area contributed by atoms with Crippen LogP contribution in [0.2, 0.25) is 0 Å². The van der Waals surface area contributed by atoms with E-state index in [4.69, 9.17) is 0 Å². The third-order valence-corrected chi connectivity index (χ3v) is 4.37. The van der Waals surface area contributed by atoms with Crippen LogP contribution in [0.1, 0.15) is 23.9 Å². The highest BCUT2D eigenvalue weighted by Gasteiger charge is 2.12. The second-order valence-electron chi connectivity index (χ2n) is 6.79. The number of para-hydroxylation sites is 1. The maximum absolute atomic E-state index is 4.54. The molecule has 0 aliphatic rings. The molecule has 2 aromatic carbocycles. The first kappa shape index (κ1) is 19.3. The molecule has 0 saturated carbocycles. The standard InChI is InChI=1S/C22H22N8/c1-15-14-16(2)30(29-15)22-25-20(23-19-12-8-5-9-13-19)24-21(26-22)28-27-17(3)18-10-6-4-7-11-18/h4-14H,1-3H3,(H2,23,24,25,26,28)/b27-17-. The molecule has 0 unspecified atom stereocenters. The van der Waals surface area contributed by atoms with Crippen LogP contribution >= 0.6 is 0 Å². The lowest BCUT2D eigenvalue weighted by atomic mass is 10.1. The monoisotopic (exact) mass is 398 g/mol. The maximum atomic E-state index is 4.54. The van der Waals surface area contributed by atoms with Crippen molar-refractivity contribution in [2.75, 3.05) is 10.7 Å². The van der Waals surface area contributed by atoms with Gasteiger partial charge >= 0.3 is 0 Å². The zero-order valence-electron chi connectivity index (χ0n) is 17.0. The molecule has 2 aromatic heterocycles. The molecule has 0 bridgehead atoms. The molecule has 2 heterocycles. The highest BCUT2D eigenvalue weighted by Crippen LogP contribution is 2.16. The number of benzene rings is 2. The summed E-state index contributed by atoms with van der Waals surface area (Å²) in [6.07, 6.45) is 0. The van der Waals surface area contributed by atoms with Crippen LogP contribution < -0.4 is 10.7 Å². The summed E-state index contributed by atoms with van der Waals surface area (Å²) in [6, 6.07) is 21.6. The largest absolute Gasteiger partial charge is 0.324 e. The molecule has 0 fully saturated rings. The van der Waals surface area contributed by atoms with Crippen molar-refractivity contribution in [1.29, 1.82) is 0 Å². The van der Waals surface area contributed by atoms with Crippen molar-refractivity contribution < 1.29 is 0 Å². The summed E-state index contributed by atoms with van der Waals surface area (Å²) in [5.74, 6) is 1.12. The summed E-state index contributed by atoms with van der Waals surface area (Å²) in [5.41, 5.74) is 7.47. The molecule has 0 amide bonds. The van der Waals surface area contributed by atoms with Gasteiger partial charge in [-0.25, -0.2) is 10.1 Å². The Bertz CT molecular complexity index is 1170. The number of aromatic nitrogens is 5. The van der Waals surface area contributed by atoms with E-state index >= 15 is 0 Å². The van der Waals surface area contributed by atoms with Crippen LogP contribution in [0.4, 0.5) is 17.6 Å². The van der Waals surface area contributed by atoms with Gasteiger partial charge in [0.25, 0.3) is 5.95 Å². The Balaban J connectivity index is 1.69. The minimum absolute atomic E-state index is 0.321. The van der Waals surface area contributed by atoms with Gasteiger partial charge in [-0.15, -0.1) is 0 Å². The summed E-state index contributed by atoms with van der Waals surface area (Å²) in [4.78, 5) is 13.5. The van der Waals surface area contributed by atoms with Gasteiger partial charge in [-0.05, 0) is 44.5 Å². The Hall–Kier alpha value is -4.07. The molecular weight excluding hydrogens is 376 g/mol. The Morgan fingerprint density at radius 2 is 1.53 bits per heavy atom. The number of hydrazone groups is 1. The zero-order chi connectivity index (χ0) is 20.9. The lowest BCUT2D eigenvalue weighted by molar-refractivity contribution is 0.767. The average Bonchev–Trinajstić information content (AvgIpc) is 3.11. The van der Waals surface area contributed by atoms with Crippen LogP contribution in [-0.2, 0) is 0 Å². The normalized spacial score (nSPS) is 11.4. The lowest BCUT2D eigenvalue weighted by Gasteiger charge is -2.10. The van der Waals surface area contributed by atoms with E-state index in [2.05, 4.69) is 35.9 Å². The minimum Gasteiger partial charge on any atom is -0.324 e. The van der Waals surface area contributed by atoms with E-state index in [1.165, 1.54) is 0 Å². The number of rotatable bonds is 6. The van der Waals surface area contributed by atoms with Crippen molar-refractivity contribution in [1.82, 2.24) is 24.7 Å². The maximum Gasteiger partial charge on any atom is 0.257 e. The smallest absolute Gasteiger partial charge is 0.257 e. The second-order valence-corrected chi connectivity index (χ2v) is 6.79. The van der Waals surface area contributed by atoms with Gasteiger partial charge in [-0.1, -0.05) is 48.5 Å². The van der Waals surface area contributed by atoms with Gasteiger partial charge in [-0.3, -0.25) is 0 Å². The molecule has 0 radical (unpaired) electrons. The molecule has 0 atom stereocenters. The van der Waals surface area contributed by atoms with Crippen LogP contribution in [0.15, 0.2) is 71.8 Å². The van der Waals surface area contributed by atoms with Crippen LogP contribution in [0.5, 0.6) is 0 Å². The summed E-state index contributed by atoms with van der Waals surface area (Å²) >= 11 is 0. The lowest BCUT2D eigenvalue weighted by Crippen LogP contribution is -2.11. The molecule has 0 aliphatic heterocycles. The fraction of sp³-hybridized carbons (Fsp3) is 0.136. The number of hydrogen-bond donors (Lipinski definition) is 2. The fourth-order valence-corrected chi connectivity index (χ4v) is 2.93. The Kier molecular flexibility index (Phi) is 5.47. The first-order valence-corrected chi connectivity index (χ1v) is 9.56. The van der Waals surface area contributed by atoms with E-state index in [1.54, 1.807) is 4.68 Å². The fourth-order valence-electron chi connectivity index (χ4n) is 2.93. The average molecular weight is 398 g/mol. The molecule has 0 spiro atoms. The van der Waals surface area contributed by atoms with E-state index in [-0.39, 0.29) is 0 Å². The molecule has 30 heavy (non-hydrogen) atoms. The van der Waals surface area contributed by atoms with E-state index in [9.17, 15) is 0 Å². The Labute approximate surface area is 174 Å². The van der Waals surface area contributed by atoms with Gasteiger partial charge in [0, 0.05) is 11.4 Å². The molecule has 2 N–H and O–H groups in total. The topological polar surface area (TPSA) is 92.9 Å². The van der Waals surface area contributed by atoms with Crippen LogP contribution in [0.3, 0.4) is 0 Å². The first-order valence-electron chi connectivity index (χ1n) is 9.56. The highest BCUT2D eigenvalue weighted by molar-refractivity contribution is 5.98. The van der Waals surface area contributed by atoms with Crippen molar-refractivity contribution in [3.05, 3.63) is 83.7 Å². The molecule has 0 saturated heterocycles. The van der Waals surface area contributed by atoms with Gasteiger partial charge < -0.3 is 5.32 Å². The molecular formula is C22H22N8. The van der Waals surface area contributed by atoms with Crippen LogP contribution in [0, 0.1) is 13.8 Å². The number of hydrogen-bond acceptors (Lipinski definition) is 7. The predicted molar refractivity (Wildman–Crippen MR) is 118 cm³/mol. The van der Waals surface area contributed by atoms with Crippen LogP contribution in [0.25, 0.3) is 5.95 Å². The molecule has 8 nitrogen and oxygen atoms in total. The van der Waals surface area contributed by atoms with E-state index in [1.807, 2.05) is 87.5 Å². The van der Waals surface area contributed by atoms with Gasteiger partial charge in [0.05, 0.1) is 11.4 Å². The highest BCUT2D eigenvalue weighted by atomic mass is 15.4. The summed E-state index contributed by atoms with van der Waals surface area (Å²) in [6.45, 7) is 5.81. The van der Waals surface area contributed by atoms with E-state index in [0.29, 0.717) is 17.8 Å². The van der Waals surface area contributed by atoms with Gasteiger partial charge in [0.1, 0.15) is 0 Å². The number of nitrogens with zero attached hydrogens (tertiary/aromatic N) is 6. The van der Waals surface area contributed by atoms with E-state index < -0.39 is 0 Å². The van der Waals surface area contributed by atoms with E-state index in [0.717, 1.165) is 28.4 Å². The van der Waals surface area contributed by atoms with Gasteiger partial charge in [0.15, 0.2) is 0 Å². The molecule has 4 aromatic rings. The summed E-state index contributed by atoms with van der Waals surface area (Å²) in [5, 5.41) is 12.1. The number of anilines is 3. The first-order chi connectivity index (χ1) is 14.6. The molecule has 8 heteroatoms. The molecule has 4 rings (SSSR count). The molecule has 0 aliphatic carbocycles.